The summed E-state index contributed by atoms with van der Waals surface area (Å²) in [5.74, 6) is 2.74. The Morgan fingerprint density at radius 3 is 2.36 bits per heavy atom. The molecule has 5 heteroatoms. The van der Waals surface area contributed by atoms with Gasteiger partial charge in [-0.3, -0.25) is 4.90 Å². The highest BCUT2D eigenvalue weighted by atomic mass is 16.5. The van der Waals surface area contributed by atoms with E-state index in [1.165, 1.54) is 19.4 Å². The molecule has 3 unspecified atom stereocenters. The summed E-state index contributed by atoms with van der Waals surface area (Å²) in [5.41, 5.74) is 0.753. The van der Waals surface area contributed by atoms with Gasteiger partial charge in [0.15, 0.2) is 11.5 Å². The standard InChI is InChI=1S/C17H25NO4/c1-11(19)13-6-15(20-2)17(16(7-13)21-3)22-10-14-9-18(14)8-12-4-5-12/h6-7,11-12,14,19H,4-5,8-10H2,1-3H3. The topological polar surface area (TPSA) is 50.9 Å². The van der Waals surface area contributed by atoms with E-state index >= 15 is 0 Å². The third-order valence-electron chi connectivity index (χ3n) is 4.40. The highest BCUT2D eigenvalue weighted by Crippen LogP contribution is 2.41. The van der Waals surface area contributed by atoms with Gasteiger partial charge in [-0.15, -0.1) is 0 Å². The van der Waals surface area contributed by atoms with Gasteiger partial charge in [-0.05, 0) is 43.4 Å². The van der Waals surface area contributed by atoms with E-state index in [0.717, 1.165) is 18.0 Å². The minimum Gasteiger partial charge on any atom is -0.493 e. The van der Waals surface area contributed by atoms with Gasteiger partial charge in [0.05, 0.1) is 26.4 Å². The van der Waals surface area contributed by atoms with Gasteiger partial charge in [0.1, 0.15) is 6.61 Å². The van der Waals surface area contributed by atoms with E-state index in [0.29, 0.717) is 29.9 Å². The largest absolute Gasteiger partial charge is 0.493 e. The van der Waals surface area contributed by atoms with E-state index in [1.807, 2.05) is 0 Å². The van der Waals surface area contributed by atoms with Crippen LogP contribution in [0.3, 0.4) is 0 Å². The van der Waals surface area contributed by atoms with E-state index in [9.17, 15) is 5.11 Å². The lowest BCUT2D eigenvalue weighted by Gasteiger charge is -2.17. The molecule has 122 valence electrons. The number of rotatable bonds is 8. The van der Waals surface area contributed by atoms with Crippen LogP contribution in [0.25, 0.3) is 0 Å². The molecule has 0 bridgehead atoms. The van der Waals surface area contributed by atoms with E-state index < -0.39 is 6.10 Å². The number of ether oxygens (including phenoxy) is 3. The van der Waals surface area contributed by atoms with Crippen LogP contribution in [0.5, 0.6) is 17.2 Å². The SMILES string of the molecule is COc1cc(C(C)O)cc(OC)c1OCC1CN1CC1CC1. The van der Waals surface area contributed by atoms with Crippen LogP contribution >= 0.6 is 0 Å². The van der Waals surface area contributed by atoms with E-state index in [1.54, 1.807) is 33.3 Å². The van der Waals surface area contributed by atoms with Crippen LogP contribution in [0.2, 0.25) is 0 Å². The number of benzene rings is 1. The molecule has 1 saturated carbocycles. The molecule has 1 N–H and O–H groups in total. The molecule has 0 radical (unpaired) electrons. The molecular formula is C17H25NO4. The fourth-order valence-electron chi connectivity index (χ4n) is 2.70. The Bertz CT molecular complexity index is 502. The van der Waals surface area contributed by atoms with Crippen molar-refractivity contribution in [2.45, 2.75) is 31.9 Å². The molecule has 1 aliphatic carbocycles. The highest BCUT2D eigenvalue weighted by Gasteiger charge is 2.38. The quantitative estimate of drug-likeness (QED) is 0.746. The van der Waals surface area contributed by atoms with Gasteiger partial charge < -0.3 is 19.3 Å². The number of nitrogens with zero attached hydrogens (tertiary/aromatic N) is 1. The molecule has 3 atom stereocenters. The Morgan fingerprint density at radius 2 is 1.86 bits per heavy atom. The summed E-state index contributed by atoms with van der Waals surface area (Å²) in [6, 6.07) is 4.11. The van der Waals surface area contributed by atoms with E-state index in [4.69, 9.17) is 14.2 Å². The Balaban J connectivity index is 1.66. The minimum absolute atomic E-state index is 0.506. The molecular weight excluding hydrogens is 282 g/mol. The number of hydrogen-bond acceptors (Lipinski definition) is 5. The van der Waals surface area contributed by atoms with Crippen molar-refractivity contribution in [3.05, 3.63) is 17.7 Å². The van der Waals surface area contributed by atoms with Gasteiger partial charge >= 0.3 is 0 Å². The van der Waals surface area contributed by atoms with Gasteiger partial charge in [-0.25, -0.2) is 0 Å². The van der Waals surface area contributed by atoms with Crippen LogP contribution in [0, 0.1) is 5.92 Å². The molecule has 0 aromatic heterocycles. The molecule has 5 nitrogen and oxygen atoms in total. The smallest absolute Gasteiger partial charge is 0.203 e. The fraction of sp³-hybridized carbons (Fsp3) is 0.647. The molecule has 1 aromatic carbocycles. The summed E-state index contributed by atoms with van der Waals surface area (Å²) >= 11 is 0. The molecule has 0 spiro atoms. The zero-order valence-corrected chi connectivity index (χ0v) is 13.5. The first-order chi connectivity index (χ1) is 10.6. The molecule has 1 aliphatic heterocycles. The second-order valence-corrected chi connectivity index (χ2v) is 6.29. The summed E-state index contributed by atoms with van der Waals surface area (Å²) < 4.78 is 16.8. The van der Waals surface area contributed by atoms with Crippen molar-refractivity contribution in [3.63, 3.8) is 0 Å². The number of hydrogen-bond donors (Lipinski definition) is 1. The van der Waals surface area contributed by atoms with Crippen LogP contribution in [0.15, 0.2) is 12.1 Å². The molecule has 1 heterocycles. The second kappa shape index (κ2) is 6.34. The molecule has 0 amide bonds. The van der Waals surface area contributed by atoms with Crippen molar-refractivity contribution in [1.29, 1.82) is 0 Å². The van der Waals surface area contributed by atoms with Crippen LogP contribution in [0.1, 0.15) is 31.4 Å². The average Bonchev–Trinajstić information content (AvgIpc) is 3.43. The maximum absolute atomic E-state index is 9.75. The van der Waals surface area contributed by atoms with Crippen LogP contribution in [-0.2, 0) is 0 Å². The summed E-state index contributed by atoms with van der Waals surface area (Å²) in [6.45, 7) is 4.69. The molecule has 2 aliphatic rings. The van der Waals surface area contributed by atoms with Gasteiger partial charge in [-0.2, -0.15) is 0 Å². The van der Waals surface area contributed by atoms with Gasteiger partial charge in [0.2, 0.25) is 5.75 Å². The van der Waals surface area contributed by atoms with E-state index in [2.05, 4.69) is 4.90 Å². The number of methoxy groups -OCH3 is 2. The summed E-state index contributed by atoms with van der Waals surface area (Å²) in [4.78, 5) is 2.46. The zero-order chi connectivity index (χ0) is 15.7. The van der Waals surface area contributed by atoms with Crippen LogP contribution < -0.4 is 14.2 Å². The minimum atomic E-state index is -0.575. The molecule has 2 fully saturated rings. The Labute approximate surface area is 131 Å². The van der Waals surface area contributed by atoms with Crippen molar-refractivity contribution in [3.8, 4) is 17.2 Å². The Kier molecular flexibility index (Phi) is 4.45. The van der Waals surface area contributed by atoms with Gasteiger partial charge in [-0.1, -0.05) is 0 Å². The van der Waals surface area contributed by atoms with Crippen molar-refractivity contribution >= 4 is 0 Å². The lowest BCUT2D eigenvalue weighted by Crippen LogP contribution is -2.13. The maximum atomic E-state index is 9.75. The highest BCUT2D eigenvalue weighted by molar-refractivity contribution is 5.54. The molecule has 3 rings (SSSR count). The Morgan fingerprint density at radius 1 is 1.23 bits per heavy atom. The van der Waals surface area contributed by atoms with Crippen molar-refractivity contribution in [2.24, 2.45) is 5.92 Å². The zero-order valence-electron chi connectivity index (χ0n) is 13.5. The van der Waals surface area contributed by atoms with Gasteiger partial charge in [0.25, 0.3) is 0 Å². The monoisotopic (exact) mass is 307 g/mol. The fourth-order valence-corrected chi connectivity index (χ4v) is 2.70. The summed E-state index contributed by atoms with van der Waals surface area (Å²) in [5, 5.41) is 9.75. The third-order valence-corrected chi connectivity index (χ3v) is 4.40. The predicted octanol–water partition coefficient (Wildman–Crippen LogP) is 2.23. The maximum Gasteiger partial charge on any atom is 0.203 e. The first-order valence-electron chi connectivity index (χ1n) is 7.93. The normalized spacial score (nSPS) is 24.7. The molecule has 1 aromatic rings. The molecule has 1 saturated heterocycles. The third kappa shape index (κ3) is 3.47. The van der Waals surface area contributed by atoms with E-state index in [-0.39, 0.29) is 0 Å². The number of aliphatic hydroxyl groups excluding tert-OH is 1. The second-order valence-electron chi connectivity index (χ2n) is 6.29. The lowest BCUT2D eigenvalue weighted by atomic mass is 10.1. The van der Waals surface area contributed by atoms with Crippen molar-refractivity contribution < 1.29 is 19.3 Å². The summed E-state index contributed by atoms with van der Waals surface area (Å²) in [6.07, 6.45) is 2.19. The summed E-state index contributed by atoms with van der Waals surface area (Å²) in [7, 11) is 3.20. The van der Waals surface area contributed by atoms with Crippen molar-refractivity contribution in [1.82, 2.24) is 4.90 Å². The van der Waals surface area contributed by atoms with Crippen LogP contribution in [0.4, 0.5) is 0 Å². The van der Waals surface area contributed by atoms with Crippen LogP contribution in [-0.4, -0.2) is 50.0 Å². The predicted molar refractivity (Wildman–Crippen MR) is 83.8 cm³/mol. The first kappa shape index (κ1) is 15.4. The molecule has 22 heavy (non-hydrogen) atoms. The van der Waals surface area contributed by atoms with Crippen molar-refractivity contribution in [2.75, 3.05) is 33.9 Å². The van der Waals surface area contributed by atoms with Gasteiger partial charge in [0, 0.05) is 13.1 Å². The lowest BCUT2D eigenvalue weighted by molar-refractivity contribution is 0.197. The first-order valence-corrected chi connectivity index (χ1v) is 7.93. The number of aliphatic hydroxyl groups is 1. The average molecular weight is 307 g/mol. The Hall–Kier alpha value is -1.46.